The minimum Gasteiger partial charge on any atom is -0.481 e. The number of hydrogen-bond acceptors (Lipinski definition) is 6. The van der Waals surface area contributed by atoms with Gasteiger partial charge in [0.05, 0.1) is 6.33 Å². The molecule has 164 valence electrons. The van der Waals surface area contributed by atoms with Gasteiger partial charge in [-0.2, -0.15) is 0 Å². The zero-order chi connectivity index (χ0) is 22.3. The molecular weight excluding hydrogens is 396 g/mol. The second kappa shape index (κ2) is 10.4. The predicted octanol–water partition coefficient (Wildman–Crippen LogP) is -1.72. The molecule has 0 spiro atoms. The lowest BCUT2D eigenvalue weighted by atomic mass is 10.1. The molecule has 6 N–H and O–H groups in total. The van der Waals surface area contributed by atoms with Crippen LogP contribution in [0, 0.1) is 0 Å². The van der Waals surface area contributed by atoms with Gasteiger partial charge >= 0.3 is 5.97 Å². The van der Waals surface area contributed by atoms with Gasteiger partial charge in [0, 0.05) is 38.2 Å². The van der Waals surface area contributed by atoms with E-state index in [0.29, 0.717) is 25.1 Å². The molecule has 1 aliphatic rings. The number of H-pyrrole nitrogens is 1. The van der Waals surface area contributed by atoms with Gasteiger partial charge in [-0.25, -0.2) is 4.98 Å². The van der Waals surface area contributed by atoms with Gasteiger partial charge < -0.3 is 31.4 Å². The van der Waals surface area contributed by atoms with Gasteiger partial charge in [-0.3, -0.25) is 24.0 Å². The Labute approximate surface area is 172 Å². The fourth-order valence-corrected chi connectivity index (χ4v) is 3.40. The Hall–Kier alpha value is -3.44. The fourth-order valence-electron chi connectivity index (χ4n) is 3.40. The van der Waals surface area contributed by atoms with Gasteiger partial charge in [0.2, 0.25) is 23.6 Å². The number of nitrogens with two attached hydrogens (primary N) is 1. The Morgan fingerprint density at radius 3 is 2.60 bits per heavy atom. The number of amides is 4. The summed E-state index contributed by atoms with van der Waals surface area (Å²) in [6.45, 7) is 1.53. The van der Waals surface area contributed by atoms with Crippen LogP contribution in [0.25, 0.3) is 0 Å². The zero-order valence-corrected chi connectivity index (χ0v) is 16.6. The lowest BCUT2D eigenvalue weighted by Crippen LogP contribution is -2.57. The first-order valence-electron chi connectivity index (χ1n) is 9.55. The summed E-state index contributed by atoms with van der Waals surface area (Å²) in [7, 11) is 0. The van der Waals surface area contributed by atoms with Gasteiger partial charge in [-0.05, 0) is 19.3 Å². The van der Waals surface area contributed by atoms with E-state index in [1.54, 1.807) is 0 Å². The van der Waals surface area contributed by atoms with Crippen LogP contribution in [0.3, 0.4) is 0 Å². The minimum absolute atomic E-state index is 0.0677. The Bertz CT molecular complexity index is 795. The lowest BCUT2D eigenvalue weighted by molar-refractivity contribution is -0.141. The molecule has 12 heteroatoms. The summed E-state index contributed by atoms with van der Waals surface area (Å²) in [6, 6.07) is -2.93. The van der Waals surface area contributed by atoms with Crippen molar-refractivity contribution in [3.8, 4) is 0 Å². The van der Waals surface area contributed by atoms with E-state index < -0.39 is 47.7 Å². The molecule has 1 aromatic heterocycles. The molecule has 2 rings (SSSR count). The van der Waals surface area contributed by atoms with Crippen molar-refractivity contribution in [2.24, 2.45) is 5.73 Å². The summed E-state index contributed by atoms with van der Waals surface area (Å²) in [6.07, 6.45) is 3.56. The number of hydrogen-bond donors (Lipinski definition) is 5. The van der Waals surface area contributed by atoms with E-state index in [0.717, 1.165) is 0 Å². The summed E-state index contributed by atoms with van der Waals surface area (Å²) < 4.78 is 0. The van der Waals surface area contributed by atoms with Crippen molar-refractivity contribution in [1.82, 2.24) is 25.5 Å². The van der Waals surface area contributed by atoms with Crippen LogP contribution in [0.15, 0.2) is 12.5 Å². The van der Waals surface area contributed by atoms with Crippen LogP contribution in [-0.4, -0.2) is 74.2 Å². The van der Waals surface area contributed by atoms with Crippen molar-refractivity contribution < 1.29 is 29.1 Å². The number of carboxylic acids is 1. The maximum absolute atomic E-state index is 13.1. The number of carboxylic acid groups (broad SMARTS) is 1. The monoisotopic (exact) mass is 422 g/mol. The highest BCUT2D eigenvalue weighted by molar-refractivity contribution is 5.94. The molecule has 4 amide bonds. The predicted molar refractivity (Wildman–Crippen MR) is 103 cm³/mol. The van der Waals surface area contributed by atoms with Crippen molar-refractivity contribution in [2.45, 2.75) is 57.2 Å². The second-order valence-corrected chi connectivity index (χ2v) is 7.12. The summed E-state index contributed by atoms with van der Waals surface area (Å²) >= 11 is 0. The summed E-state index contributed by atoms with van der Waals surface area (Å²) in [4.78, 5) is 67.9. The highest BCUT2D eigenvalue weighted by atomic mass is 16.4. The first-order valence-corrected chi connectivity index (χ1v) is 9.55. The van der Waals surface area contributed by atoms with Crippen LogP contribution in [0.4, 0.5) is 0 Å². The molecule has 2 heterocycles. The van der Waals surface area contributed by atoms with E-state index in [9.17, 15) is 24.0 Å². The summed E-state index contributed by atoms with van der Waals surface area (Å²) in [5.74, 6) is -3.43. The third-order valence-corrected chi connectivity index (χ3v) is 4.80. The SMILES string of the molecule is CC(=O)N[C@H](CCC(=O)O)C(=O)N[C@@H](Cc1cnc[nH]1)C(=O)N1CCC[C@@H]1C(N)=O. The smallest absolute Gasteiger partial charge is 0.303 e. The van der Waals surface area contributed by atoms with Gasteiger partial charge in [-0.15, -0.1) is 0 Å². The third-order valence-electron chi connectivity index (χ3n) is 4.80. The molecule has 1 aromatic rings. The van der Waals surface area contributed by atoms with Crippen LogP contribution in [-0.2, 0) is 30.4 Å². The number of carbonyl (C=O) groups is 5. The van der Waals surface area contributed by atoms with Gasteiger partial charge in [-0.1, -0.05) is 0 Å². The van der Waals surface area contributed by atoms with E-state index in [2.05, 4.69) is 20.6 Å². The van der Waals surface area contributed by atoms with Crippen LogP contribution in [0.1, 0.15) is 38.3 Å². The lowest BCUT2D eigenvalue weighted by Gasteiger charge is -2.28. The fraction of sp³-hybridized carbons (Fsp3) is 0.556. The molecule has 0 aliphatic carbocycles. The molecule has 0 unspecified atom stereocenters. The number of imidazole rings is 1. The summed E-state index contributed by atoms with van der Waals surface area (Å²) in [5, 5.41) is 13.9. The highest BCUT2D eigenvalue weighted by Crippen LogP contribution is 2.19. The first kappa shape index (κ1) is 22.8. The molecule has 30 heavy (non-hydrogen) atoms. The third kappa shape index (κ3) is 6.29. The van der Waals surface area contributed by atoms with Crippen molar-refractivity contribution in [2.75, 3.05) is 6.54 Å². The number of rotatable bonds is 10. The number of aromatic nitrogens is 2. The van der Waals surface area contributed by atoms with E-state index in [1.165, 1.54) is 24.3 Å². The highest BCUT2D eigenvalue weighted by Gasteiger charge is 2.37. The molecule has 1 aliphatic heterocycles. The zero-order valence-electron chi connectivity index (χ0n) is 16.6. The Morgan fingerprint density at radius 2 is 2.03 bits per heavy atom. The molecule has 12 nitrogen and oxygen atoms in total. The number of carbonyl (C=O) groups excluding carboxylic acids is 4. The summed E-state index contributed by atoms with van der Waals surface area (Å²) in [5.41, 5.74) is 5.97. The average molecular weight is 422 g/mol. The quantitative estimate of drug-likeness (QED) is 0.296. The van der Waals surface area contributed by atoms with E-state index in [4.69, 9.17) is 10.8 Å². The standard InChI is InChI=1S/C18H26N6O6/c1-10(25)22-12(4-5-15(26)27)17(29)23-13(7-11-8-20-9-21-11)18(30)24-6-2-3-14(24)16(19)28/h8-9,12-14H,2-7H2,1H3,(H2,19,28)(H,20,21)(H,22,25)(H,23,29)(H,26,27)/t12-,13+,14-/m1/s1. The largest absolute Gasteiger partial charge is 0.481 e. The molecule has 1 saturated heterocycles. The molecule has 3 atom stereocenters. The molecule has 1 fully saturated rings. The molecule has 0 radical (unpaired) electrons. The number of aliphatic carboxylic acids is 1. The Kier molecular flexibility index (Phi) is 7.90. The van der Waals surface area contributed by atoms with Crippen molar-refractivity contribution in [3.05, 3.63) is 18.2 Å². The average Bonchev–Trinajstić information content (AvgIpc) is 3.35. The number of aromatic amines is 1. The first-order chi connectivity index (χ1) is 14.2. The van der Waals surface area contributed by atoms with E-state index in [1.807, 2.05) is 0 Å². The van der Waals surface area contributed by atoms with Crippen molar-refractivity contribution >= 4 is 29.6 Å². The van der Waals surface area contributed by atoms with Crippen LogP contribution in [0.2, 0.25) is 0 Å². The van der Waals surface area contributed by atoms with Crippen LogP contribution >= 0.6 is 0 Å². The van der Waals surface area contributed by atoms with Gasteiger partial charge in [0.15, 0.2) is 0 Å². The van der Waals surface area contributed by atoms with Crippen molar-refractivity contribution in [3.63, 3.8) is 0 Å². The second-order valence-electron chi connectivity index (χ2n) is 7.12. The molecule has 0 bridgehead atoms. The topological polar surface area (TPSA) is 188 Å². The Morgan fingerprint density at radius 1 is 1.30 bits per heavy atom. The number of primary amides is 1. The van der Waals surface area contributed by atoms with Gasteiger partial charge in [0.25, 0.3) is 0 Å². The number of nitrogens with zero attached hydrogens (tertiary/aromatic N) is 2. The normalized spacial score (nSPS) is 17.8. The van der Waals surface area contributed by atoms with E-state index >= 15 is 0 Å². The number of nitrogens with one attached hydrogen (secondary N) is 3. The maximum atomic E-state index is 13.1. The maximum Gasteiger partial charge on any atom is 0.303 e. The molecular formula is C18H26N6O6. The Balaban J connectivity index is 2.19. The number of likely N-dealkylation sites (tertiary alicyclic amines) is 1. The minimum atomic E-state index is -1.12. The van der Waals surface area contributed by atoms with Crippen LogP contribution < -0.4 is 16.4 Å². The molecule has 0 aromatic carbocycles. The van der Waals surface area contributed by atoms with E-state index in [-0.39, 0.29) is 19.3 Å². The molecule has 0 saturated carbocycles. The van der Waals surface area contributed by atoms with Crippen LogP contribution in [0.5, 0.6) is 0 Å². The van der Waals surface area contributed by atoms with Crippen molar-refractivity contribution in [1.29, 1.82) is 0 Å². The van der Waals surface area contributed by atoms with Gasteiger partial charge in [0.1, 0.15) is 18.1 Å².